The van der Waals surface area contributed by atoms with Crippen LogP contribution in [0, 0.1) is 5.82 Å². The van der Waals surface area contributed by atoms with Crippen molar-refractivity contribution in [2.75, 3.05) is 19.7 Å². The Balaban J connectivity index is 1.99. The molecule has 0 unspecified atom stereocenters. The van der Waals surface area contributed by atoms with Gasteiger partial charge in [-0.1, -0.05) is 38.3 Å². The summed E-state index contributed by atoms with van der Waals surface area (Å²) in [6.07, 6.45) is 5.04. The van der Waals surface area contributed by atoms with Crippen molar-refractivity contribution in [3.05, 3.63) is 30.1 Å². The second-order valence-electron chi connectivity index (χ2n) is 4.09. The zero-order valence-electron chi connectivity index (χ0n) is 10.5. The fraction of sp³-hybridized carbons (Fsp3) is 0.571. The van der Waals surface area contributed by atoms with Gasteiger partial charge >= 0.3 is 0 Å². The lowest BCUT2D eigenvalue weighted by Crippen LogP contribution is -2.22. The number of nitrogens with one attached hydrogen (secondary N) is 1. The highest BCUT2D eigenvalue weighted by Crippen LogP contribution is 2.14. The van der Waals surface area contributed by atoms with Crippen LogP contribution >= 0.6 is 0 Å². The van der Waals surface area contributed by atoms with Gasteiger partial charge in [-0.2, -0.15) is 0 Å². The Morgan fingerprint density at radius 2 is 1.94 bits per heavy atom. The number of para-hydroxylation sites is 1. The van der Waals surface area contributed by atoms with Gasteiger partial charge in [-0.05, 0) is 25.1 Å². The highest BCUT2D eigenvalue weighted by atomic mass is 19.1. The molecule has 0 atom stereocenters. The molecule has 0 radical (unpaired) electrons. The Hall–Kier alpha value is -1.09. The fourth-order valence-electron chi connectivity index (χ4n) is 1.60. The summed E-state index contributed by atoms with van der Waals surface area (Å²) in [6.45, 7) is 4.49. The van der Waals surface area contributed by atoms with Crippen LogP contribution in [0.4, 0.5) is 4.39 Å². The number of halogens is 1. The number of rotatable bonds is 9. The Labute approximate surface area is 103 Å². The lowest BCUT2D eigenvalue weighted by Gasteiger charge is -2.08. The van der Waals surface area contributed by atoms with E-state index in [0.29, 0.717) is 12.4 Å². The van der Waals surface area contributed by atoms with E-state index in [1.165, 1.54) is 31.7 Å². The third kappa shape index (κ3) is 6.27. The molecule has 17 heavy (non-hydrogen) atoms. The molecular formula is C14H22FNO. The smallest absolute Gasteiger partial charge is 0.165 e. The zero-order valence-corrected chi connectivity index (χ0v) is 10.5. The number of unbranched alkanes of at least 4 members (excludes halogenated alkanes) is 3. The van der Waals surface area contributed by atoms with E-state index >= 15 is 0 Å². The molecule has 0 spiro atoms. The molecule has 1 N–H and O–H groups in total. The van der Waals surface area contributed by atoms with E-state index in [9.17, 15) is 4.39 Å². The molecule has 1 aromatic carbocycles. The van der Waals surface area contributed by atoms with Gasteiger partial charge in [-0.25, -0.2) is 4.39 Å². The molecule has 0 saturated heterocycles. The average molecular weight is 239 g/mol. The van der Waals surface area contributed by atoms with Gasteiger partial charge in [-0.15, -0.1) is 0 Å². The molecule has 0 aliphatic carbocycles. The standard InChI is InChI=1S/C14H22FNO/c1-2-3-4-7-10-16-11-12-17-14-9-6-5-8-13(14)15/h5-6,8-9,16H,2-4,7,10-12H2,1H3. The molecule has 1 aromatic rings. The first-order valence-electron chi connectivity index (χ1n) is 6.42. The van der Waals surface area contributed by atoms with E-state index in [1.807, 2.05) is 0 Å². The van der Waals surface area contributed by atoms with Crippen molar-refractivity contribution in [2.24, 2.45) is 0 Å². The number of benzene rings is 1. The second-order valence-corrected chi connectivity index (χ2v) is 4.09. The Morgan fingerprint density at radius 3 is 2.71 bits per heavy atom. The third-order valence-electron chi connectivity index (χ3n) is 2.58. The van der Waals surface area contributed by atoms with Crippen LogP contribution < -0.4 is 10.1 Å². The fourth-order valence-corrected chi connectivity index (χ4v) is 1.60. The molecule has 0 aliphatic heterocycles. The minimum Gasteiger partial charge on any atom is -0.489 e. The van der Waals surface area contributed by atoms with E-state index < -0.39 is 0 Å². The molecule has 3 heteroatoms. The minimum atomic E-state index is -0.296. The highest BCUT2D eigenvalue weighted by Gasteiger charge is 1.99. The van der Waals surface area contributed by atoms with Gasteiger partial charge < -0.3 is 10.1 Å². The zero-order chi connectivity index (χ0) is 12.3. The number of ether oxygens (including phenoxy) is 1. The van der Waals surface area contributed by atoms with Crippen LogP contribution in [0.2, 0.25) is 0 Å². The summed E-state index contributed by atoms with van der Waals surface area (Å²) in [5.41, 5.74) is 0. The van der Waals surface area contributed by atoms with Gasteiger partial charge in [0.2, 0.25) is 0 Å². The first kappa shape index (κ1) is 14.0. The molecule has 0 bridgehead atoms. The molecule has 0 aromatic heterocycles. The van der Waals surface area contributed by atoms with Crippen LogP contribution in [0.1, 0.15) is 32.6 Å². The van der Waals surface area contributed by atoms with Gasteiger partial charge in [0, 0.05) is 6.54 Å². The maximum absolute atomic E-state index is 13.2. The summed E-state index contributed by atoms with van der Waals surface area (Å²) in [7, 11) is 0. The van der Waals surface area contributed by atoms with E-state index in [2.05, 4.69) is 12.2 Å². The predicted octanol–water partition coefficient (Wildman–Crippen LogP) is 3.37. The average Bonchev–Trinajstić information content (AvgIpc) is 2.35. The maximum atomic E-state index is 13.2. The molecular weight excluding hydrogens is 217 g/mol. The van der Waals surface area contributed by atoms with Crippen LogP contribution in [0.25, 0.3) is 0 Å². The SMILES string of the molecule is CCCCCCNCCOc1ccccc1F. The largest absolute Gasteiger partial charge is 0.489 e. The van der Waals surface area contributed by atoms with Crippen molar-refractivity contribution in [3.63, 3.8) is 0 Å². The van der Waals surface area contributed by atoms with Gasteiger partial charge in [-0.3, -0.25) is 0 Å². The van der Waals surface area contributed by atoms with Crippen molar-refractivity contribution in [3.8, 4) is 5.75 Å². The molecule has 1 rings (SSSR count). The first-order valence-corrected chi connectivity index (χ1v) is 6.42. The summed E-state index contributed by atoms with van der Waals surface area (Å²) in [5, 5.41) is 3.29. The third-order valence-corrected chi connectivity index (χ3v) is 2.58. The summed E-state index contributed by atoms with van der Waals surface area (Å²) in [6, 6.07) is 6.49. The summed E-state index contributed by atoms with van der Waals surface area (Å²) < 4.78 is 18.5. The molecule has 0 fully saturated rings. The second kappa shape index (κ2) is 8.99. The number of hydrogen-bond donors (Lipinski definition) is 1. The quantitative estimate of drug-likeness (QED) is 0.667. The van der Waals surface area contributed by atoms with Crippen LogP contribution in [0.3, 0.4) is 0 Å². The van der Waals surface area contributed by atoms with Gasteiger partial charge in [0.15, 0.2) is 11.6 Å². The number of hydrogen-bond acceptors (Lipinski definition) is 2. The lowest BCUT2D eigenvalue weighted by molar-refractivity contribution is 0.298. The lowest BCUT2D eigenvalue weighted by atomic mass is 10.2. The molecule has 0 heterocycles. The summed E-state index contributed by atoms with van der Waals surface area (Å²) in [4.78, 5) is 0. The summed E-state index contributed by atoms with van der Waals surface area (Å²) in [5.74, 6) is 0.0377. The predicted molar refractivity (Wildman–Crippen MR) is 68.9 cm³/mol. The Kier molecular flexibility index (Phi) is 7.39. The molecule has 0 amide bonds. The molecule has 2 nitrogen and oxygen atoms in total. The van der Waals surface area contributed by atoms with E-state index in [0.717, 1.165) is 13.1 Å². The molecule has 0 aliphatic rings. The van der Waals surface area contributed by atoms with Gasteiger partial charge in [0.25, 0.3) is 0 Å². The van der Waals surface area contributed by atoms with Crippen molar-refractivity contribution in [2.45, 2.75) is 32.6 Å². The van der Waals surface area contributed by atoms with Crippen molar-refractivity contribution < 1.29 is 9.13 Å². The Bertz CT molecular complexity index is 304. The van der Waals surface area contributed by atoms with Crippen molar-refractivity contribution in [1.82, 2.24) is 5.32 Å². The van der Waals surface area contributed by atoms with E-state index in [4.69, 9.17) is 4.74 Å². The van der Waals surface area contributed by atoms with Crippen molar-refractivity contribution >= 4 is 0 Å². The van der Waals surface area contributed by atoms with Gasteiger partial charge in [0.05, 0.1) is 0 Å². The first-order chi connectivity index (χ1) is 8.34. The normalized spacial score (nSPS) is 10.5. The van der Waals surface area contributed by atoms with Crippen LogP contribution in [0.15, 0.2) is 24.3 Å². The monoisotopic (exact) mass is 239 g/mol. The van der Waals surface area contributed by atoms with Gasteiger partial charge in [0.1, 0.15) is 6.61 Å². The van der Waals surface area contributed by atoms with Crippen LogP contribution in [0.5, 0.6) is 5.75 Å². The maximum Gasteiger partial charge on any atom is 0.165 e. The Morgan fingerprint density at radius 1 is 1.12 bits per heavy atom. The molecule has 96 valence electrons. The van der Waals surface area contributed by atoms with Crippen molar-refractivity contribution in [1.29, 1.82) is 0 Å². The van der Waals surface area contributed by atoms with Crippen LogP contribution in [-0.4, -0.2) is 19.7 Å². The van der Waals surface area contributed by atoms with E-state index in [-0.39, 0.29) is 5.82 Å². The van der Waals surface area contributed by atoms with Crippen LogP contribution in [-0.2, 0) is 0 Å². The molecule has 0 saturated carbocycles. The van der Waals surface area contributed by atoms with E-state index in [1.54, 1.807) is 18.2 Å². The highest BCUT2D eigenvalue weighted by molar-refractivity contribution is 5.23. The topological polar surface area (TPSA) is 21.3 Å². The summed E-state index contributed by atoms with van der Waals surface area (Å²) >= 11 is 0. The minimum absolute atomic E-state index is 0.296.